The van der Waals surface area contributed by atoms with Crippen LogP contribution in [0.25, 0.3) is 21.8 Å². The minimum atomic E-state index is 0.976. The number of benzene rings is 2. The molecule has 2 nitrogen and oxygen atoms in total. The quantitative estimate of drug-likeness (QED) is 0.551. The molecule has 4 aromatic rings. The number of rotatable bonds is 3. The molecule has 2 aromatic carbocycles. The standard InChI is InChI=1S/C20H16N2/c1-5-15-9-3-13-21-19(15)17(7-1)11-12-18-8-2-6-16-10-4-14-22-20(16)18/h1-10,13-14H,11-12H2. The first kappa shape index (κ1) is 13.0. The number of fused-ring (bicyclic) bond motifs is 2. The lowest BCUT2D eigenvalue weighted by Gasteiger charge is -2.08. The first-order chi connectivity index (χ1) is 10.9. The maximum atomic E-state index is 4.54. The van der Waals surface area contributed by atoms with Crippen molar-refractivity contribution in [3.8, 4) is 0 Å². The van der Waals surface area contributed by atoms with Crippen molar-refractivity contribution in [2.24, 2.45) is 0 Å². The van der Waals surface area contributed by atoms with Gasteiger partial charge in [0.25, 0.3) is 0 Å². The number of hydrogen-bond acceptors (Lipinski definition) is 2. The van der Waals surface area contributed by atoms with E-state index in [2.05, 4.69) is 58.5 Å². The van der Waals surface area contributed by atoms with Gasteiger partial charge in [0.1, 0.15) is 0 Å². The molecular formula is C20H16N2. The Morgan fingerprint density at radius 1 is 0.545 bits per heavy atom. The average molecular weight is 284 g/mol. The number of para-hydroxylation sites is 2. The Bertz CT molecular complexity index is 854. The van der Waals surface area contributed by atoms with Crippen molar-refractivity contribution in [2.75, 3.05) is 0 Å². The average Bonchev–Trinajstić information content (AvgIpc) is 2.60. The largest absolute Gasteiger partial charge is 0.256 e. The van der Waals surface area contributed by atoms with E-state index in [4.69, 9.17) is 0 Å². The van der Waals surface area contributed by atoms with Crippen LogP contribution in [0.1, 0.15) is 11.1 Å². The summed E-state index contributed by atoms with van der Waals surface area (Å²) in [6, 6.07) is 21.0. The van der Waals surface area contributed by atoms with Gasteiger partial charge in [0.15, 0.2) is 0 Å². The van der Waals surface area contributed by atoms with Crippen molar-refractivity contribution < 1.29 is 0 Å². The zero-order valence-electron chi connectivity index (χ0n) is 12.2. The van der Waals surface area contributed by atoms with Crippen LogP contribution in [0.15, 0.2) is 73.1 Å². The highest BCUT2D eigenvalue weighted by Crippen LogP contribution is 2.21. The van der Waals surface area contributed by atoms with E-state index in [-0.39, 0.29) is 0 Å². The maximum Gasteiger partial charge on any atom is 0.0733 e. The smallest absolute Gasteiger partial charge is 0.0733 e. The highest BCUT2D eigenvalue weighted by molar-refractivity contribution is 5.83. The second-order valence-corrected chi connectivity index (χ2v) is 5.48. The van der Waals surface area contributed by atoms with Gasteiger partial charge in [-0.15, -0.1) is 0 Å². The molecule has 4 rings (SSSR count). The van der Waals surface area contributed by atoms with Crippen molar-refractivity contribution >= 4 is 21.8 Å². The van der Waals surface area contributed by atoms with Crippen LogP contribution in [-0.2, 0) is 12.8 Å². The summed E-state index contributed by atoms with van der Waals surface area (Å²) >= 11 is 0. The lowest BCUT2D eigenvalue weighted by atomic mass is 10.00. The Labute approximate surface area is 129 Å². The minimum absolute atomic E-state index is 0.976. The Kier molecular flexibility index (Phi) is 3.28. The SMILES string of the molecule is c1cnc2c(CCc3cccc4cccnc34)cccc2c1. The first-order valence-electron chi connectivity index (χ1n) is 7.57. The van der Waals surface area contributed by atoms with Crippen molar-refractivity contribution in [3.05, 3.63) is 84.2 Å². The molecule has 0 fully saturated rings. The number of pyridine rings is 2. The summed E-state index contributed by atoms with van der Waals surface area (Å²) in [5, 5.41) is 2.41. The van der Waals surface area contributed by atoms with Gasteiger partial charge in [-0.3, -0.25) is 9.97 Å². The summed E-state index contributed by atoms with van der Waals surface area (Å²) < 4.78 is 0. The van der Waals surface area contributed by atoms with Crippen LogP contribution in [0.3, 0.4) is 0 Å². The third kappa shape index (κ3) is 2.33. The lowest BCUT2D eigenvalue weighted by Crippen LogP contribution is -1.95. The van der Waals surface area contributed by atoms with Gasteiger partial charge in [-0.25, -0.2) is 0 Å². The van der Waals surface area contributed by atoms with Gasteiger partial charge in [0.2, 0.25) is 0 Å². The Balaban J connectivity index is 1.69. The third-order valence-corrected chi connectivity index (χ3v) is 4.10. The first-order valence-corrected chi connectivity index (χ1v) is 7.57. The topological polar surface area (TPSA) is 25.8 Å². The van der Waals surface area contributed by atoms with Gasteiger partial charge in [-0.1, -0.05) is 48.5 Å². The third-order valence-electron chi connectivity index (χ3n) is 4.10. The molecule has 0 aliphatic rings. The second-order valence-electron chi connectivity index (χ2n) is 5.48. The zero-order valence-corrected chi connectivity index (χ0v) is 12.2. The number of aromatic nitrogens is 2. The van der Waals surface area contributed by atoms with Crippen LogP contribution in [0.5, 0.6) is 0 Å². The van der Waals surface area contributed by atoms with Crippen molar-refractivity contribution in [1.29, 1.82) is 0 Å². The molecule has 0 unspecified atom stereocenters. The van der Waals surface area contributed by atoms with E-state index in [9.17, 15) is 0 Å². The Morgan fingerprint density at radius 2 is 1.00 bits per heavy atom. The van der Waals surface area contributed by atoms with Crippen LogP contribution < -0.4 is 0 Å². The molecule has 0 N–H and O–H groups in total. The molecule has 0 aliphatic carbocycles. The van der Waals surface area contributed by atoms with Gasteiger partial charge in [0, 0.05) is 23.2 Å². The fraction of sp³-hybridized carbons (Fsp3) is 0.100. The summed E-state index contributed by atoms with van der Waals surface area (Å²) in [7, 11) is 0. The summed E-state index contributed by atoms with van der Waals surface area (Å²) in [6.07, 6.45) is 5.69. The van der Waals surface area contributed by atoms with Crippen molar-refractivity contribution in [2.45, 2.75) is 12.8 Å². The zero-order chi connectivity index (χ0) is 14.8. The molecule has 0 saturated carbocycles. The Hall–Kier alpha value is -2.74. The number of hydrogen-bond donors (Lipinski definition) is 0. The molecule has 0 atom stereocenters. The summed E-state index contributed by atoms with van der Waals surface area (Å²) in [6.45, 7) is 0. The predicted molar refractivity (Wildman–Crippen MR) is 90.9 cm³/mol. The van der Waals surface area contributed by atoms with Crippen molar-refractivity contribution in [3.63, 3.8) is 0 Å². The molecule has 2 heterocycles. The molecule has 2 heteroatoms. The van der Waals surface area contributed by atoms with E-state index >= 15 is 0 Å². The fourth-order valence-electron chi connectivity index (χ4n) is 3.01. The Morgan fingerprint density at radius 3 is 1.50 bits per heavy atom. The molecule has 22 heavy (non-hydrogen) atoms. The van der Waals surface area contributed by atoms with Crippen LogP contribution in [0, 0.1) is 0 Å². The summed E-state index contributed by atoms with van der Waals surface area (Å²) in [5.74, 6) is 0. The van der Waals surface area contributed by atoms with Crippen LogP contribution in [-0.4, -0.2) is 9.97 Å². The summed E-state index contributed by atoms with van der Waals surface area (Å²) in [4.78, 5) is 9.08. The van der Waals surface area contributed by atoms with Crippen LogP contribution in [0.2, 0.25) is 0 Å². The molecule has 0 radical (unpaired) electrons. The monoisotopic (exact) mass is 284 g/mol. The molecular weight excluding hydrogens is 268 g/mol. The van der Waals surface area contributed by atoms with Gasteiger partial charge in [-0.05, 0) is 36.1 Å². The van der Waals surface area contributed by atoms with E-state index in [1.54, 1.807) is 0 Å². The van der Waals surface area contributed by atoms with E-state index in [0.717, 1.165) is 23.9 Å². The second kappa shape index (κ2) is 5.57. The molecule has 0 spiro atoms. The van der Waals surface area contributed by atoms with E-state index in [1.165, 1.54) is 21.9 Å². The van der Waals surface area contributed by atoms with E-state index in [1.807, 2.05) is 24.5 Å². The lowest BCUT2D eigenvalue weighted by molar-refractivity contribution is 0.970. The van der Waals surface area contributed by atoms with Gasteiger partial charge in [-0.2, -0.15) is 0 Å². The highest BCUT2D eigenvalue weighted by atomic mass is 14.7. The summed E-state index contributed by atoms with van der Waals surface area (Å²) in [5.41, 5.74) is 4.81. The van der Waals surface area contributed by atoms with Crippen LogP contribution in [0.4, 0.5) is 0 Å². The normalized spacial score (nSPS) is 11.1. The molecule has 2 aromatic heterocycles. The van der Waals surface area contributed by atoms with Gasteiger partial charge >= 0.3 is 0 Å². The van der Waals surface area contributed by atoms with Crippen molar-refractivity contribution in [1.82, 2.24) is 9.97 Å². The van der Waals surface area contributed by atoms with Crippen LogP contribution >= 0.6 is 0 Å². The molecule has 0 aliphatic heterocycles. The molecule has 106 valence electrons. The molecule has 0 bridgehead atoms. The minimum Gasteiger partial charge on any atom is -0.256 e. The van der Waals surface area contributed by atoms with E-state index in [0.29, 0.717) is 0 Å². The predicted octanol–water partition coefficient (Wildman–Crippen LogP) is 4.57. The van der Waals surface area contributed by atoms with Gasteiger partial charge in [0.05, 0.1) is 11.0 Å². The molecule has 0 saturated heterocycles. The number of nitrogens with zero attached hydrogens (tertiary/aromatic N) is 2. The highest BCUT2D eigenvalue weighted by Gasteiger charge is 2.05. The fourth-order valence-corrected chi connectivity index (χ4v) is 3.01. The van der Waals surface area contributed by atoms with Gasteiger partial charge < -0.3 is 0 Å². The maximum absolute atomic E-state index is 4.54. The van der Waals surface area contributed by atoms with E-state index < -0.39 is 0 Å². The molecule has 0 amide bonds. The number of aryl methyl sites for hydroxylation is 2.